The molecule has 1 aromatic heterocycles. The number of hydrogen-bond donors (Lipinski definition) is 2. The van der Waals surface area contributed by atoms with Gasteiger partial charge in [0, 0.05) is 12.1 Å². The summed E-state index contributed by atoms with van der Waals surface area (Å²) < 4.78 is 4.72. The van der Waals surface area contributed by atoms with Crippen LogP contribution >= 0.6 is 0 Å². The van der Waals surface area contributed by atoms with E-state index in [1.165, 1.54) is 6.07 Å². The van der Waals surface area contributed by atoms with E-state index < -0.39 is 17.9 Å². The molecule has 0 bridgehead atoms. The fourth-order valence-electron chi connectivity index (χ4n) is 1.08. The van der Waals surface area contributed by atoms with Gasteiger partial charge in [-0.15, -0.1) is 0 Å². The molecule has 1 aromatic rings. The van der Waals surface area contributed by atoms with Gasteiger partial charge in [0.1, 0.15) is 5.76 Å². The molecule has 0 fully saturated rings. The largest absolute Gasteiger partial charge is 0.481 e. The maximum absolute atomic E-state index is 11.4. The van der Waals surface area contributed by atoms with Crippen LogP contribution in [0.5, 0.6) is 0 Å². The summed E-state index contributed by atoms with van der Waals surface area (Å²) in [7, 11) is 0. The summed E-state index contributed by atoms with van der Waals surface area (Å²) in [6, 6.07) is 1.05. The van der Waals surface area contributed by atoms with Gasteiger partial charge >= 0.3 is 5.97 Å². The Balaban J connectivity index is 2.52. The van der Waals surface area contributed by atoms with E-state index in [1.54, 1.807) is 13.8 Å². The third kappa shape index (κ3) is 3.41. The third-order valence-electron chi connectivity index (χ3n) is 1.72. The lowest BCUT2D eigenvalue weighted by Gasteiger charge is -2.09. The number of carboxylic acid groups (broad SMARTS) is 1. The molecule has 0 aliphatic carbocycles. The molecule has 6 nitrogen and oxygen atoms in total. The quantitative estimate of drug-likeness (QED) is 0.761. The predicted octanol–water partition coefficient (Wildman–Crippen LogP) is 0.576. The summed E-state index contributed by atoms with van der Waals surface area (Å²) in [6.07, 6.45) is -0.122. The molecule has 1 heterocycles. The first-order valence-corrected chi connectivity index (χ1v) is 4.45. The van der Waals surface area contributed by atoms with E-state index in [0.717, 1.165) is 0 Å². The zero-order valence-corrected chi connectivity index (χ0v) is 8.48. The van der Waals surface area contributed by atoms with Crippen LogP contribution < -0.4 is 5.32 Å². The number of carbonyl (C=O) groups excluding carboxylic acids is 1. The van der Waals surface area contributed by atoms with Crippen molar-refractivity contribution in [3.05, 3.63) is 17.5 Å². The highest BCUT2D eigenvalue weighted by atomic mass is 16.5. The molecule has 1 unspecified atom stereocenters. The van der Waals surface area contributed by atoms with Gasteiger partial charge in [0.05, 0.1) is 6.42 Å². The summed E-state index contributed by atoms with van der Waals surface area (Å²) in [6.45, 7) is 3.28. The number of aliphatic carboxylic acids is 1. The summed E-state index contributed by atoms with van der Waals surface area (Å²) >= 11 is 0. The predicted molar refractivity (Wildman–Crippen MR) is 50.4 cm³/mol. The fraction of sp³-hybridized carbons (Fsp3) is 0.444. The lowest BCUT2D eigenvalue weighted by atomic mass is 10.2. The molecule has 0 saturated heterocycles. The topological polar surface area (TPSA) is 92.4 Å². The zero-order chi connectivity index (χ0) is 11.4. The van der Waals surface area contributed by atoms with Crippen molar-refractivity contribution in [3.8, 4) is 0 Å². The van der Waals surface area contributed by atoms with E-state index in [4.69, 9.17) is 9.63 Å². The third-order valence-corrected chi connectivity index (χ3v) is 1.72. The normalized spacial score (nSPS) is 12.1. The van der Waals surface area contributed by atoms with Gasteiger partial charge in [0.25, 0.3) is 5.91 Å². The van der Waals surface area contributed by atoms with Gasteiger partial charge in [-0.25, -0.2) is 0 Å². The van der Waals surface area contributed by atoms with E-state index in [2.05, 4.69) is 10.5 Å². The van der Waals surface area contributed by atoms with Crippen molar-refractivity contribution in [2.45, 2.75) is 26.3 Å². The molecule has 2 N–H and O–H groups in total. The Hall–Kier alpha value is -1.85. The van der Waals surface area contributed by atoms with Gasteiger partial charge in [-0.3, -0.25) is 9.59 Å². The molecular weight excluding hydrogens is 200 g/mol. The highest BCUT2D eigenvalue weighted by Gasteiger charge is 2.15. The number of rotatable bonds is 4. The zero-order valence-electron chi connectivity index (χ0n) is 8.48. The number of nitrogens with zero attached hydrogens (tertiary/aromatic N) is 1. The van der Waals surface area contributed by atoms with Gasteiger partial charge in [0.2, 0.25) is 0 Å². The first-order valence-electron chi connectivity index (χ1n) is 4.45. The van der Waals surface area contributed by atoms with Crippen LogP contribution in [0.15, 0.2) is 10.6 Å². The second-order valence-corrected chi connectivity index (χ2v) is 3.30. The highest BCUT2D eigenvalue weighted by molar-refractivity contribution is 5.92. The second kappa shape index (κ2) is 4.59. The molecule has 82 valence electrons. The van der Waals surface area contributed by atoms with Crippen molar-refractivity contribution in [2.24, 2.45) is 0 Å². The van der Waals surface area contributed by atoms with Crippen molar-refractivity contribution >= 4 is 11.9 Å². The van der Waals surface area contributed by atoms with E-state index in [9.17, 15) is 9.59 Å². The van der Waals surface area contributed by atoms with Crippen LogP contribution in [0.2, 0.25) is 0 Å². The van der Waals surface area contributed by atoms with Crippen LogP contribution in [0.25, 0.3) is 0 Å². The van der Waals surface area contributed by atoms with E-state index in [-0.39, 0.29) is 12.1 Å². The Morgan fingerprint density at radius 1 is 1.67 bits per heavy atom. The molecule has 1 rings (SSSR count). The fourth-order valence-corrected chi connectivity index (χ4v) is 1.08. The van der Waals surface area contributed by atoms with Crippen molar-refractivity contribution in [1.29, 1.82) is 0 Å². The smallest absolute Gasteiger partial charge is 0.305 e. The summed E-state index contributed by atoms with van der Waals surface area (Å²) in [5, 5.41) is 14.5. The molecule has 6 heteroatoms. The van der Waals surface area contributed by atoms with E-state index in [1.807, 2.05) is 0 Å². The lowest BCUT2D eigenvalue weighted by molar-refractivity contribution is -0.137. The minimum atomic E-state index is -0.959. The van der Waals surface area contributed by atoms with Gasteiger partial charge in [0.15, 0.2) is 5.69 Å². The van der Waals surface area contributed by atoms with Crippen LogP contribution in [0, 0.1) is 6.92 Å². The Labute approximate surface area is 86.3 Å². The van der Waals surface area contributed by atoms with E-state index in [0.29, 0.717) is 5.76 Å². The molecule has 0 radical (unpaired) electrons. The van der Waals surface area contributed by atoms with Crippen LogP contribution in [0.3, 0.4) is 0 Å². The lowest BCUT2D eigenvalue weighted by Crippen LogP contribution is -2.34. The van der Waals surface area contributed by atoms with Gasteiger partial charge in [-0.05, 0) is 13.8 Å². The number of carboxylic acids is 1. The molecule has 0 spiro atoms. The SMILES string of the molecule is Cc1cc(C(=O)NC(C)CC(=O)O)no1. The summed E-state index contributed by atoms with van der Waals surface area (Å²) in [5.41, 5.74) is 0.157. The minimum absolute atomic E-state index is 0.122. The van der Waals surface area contributed by atoms with Crippen molar-refractivity contribution in [2.75, 3.05) is 0 Å². The van der Waals surface area contributed by atoms with Crippen LogP contribution in [0.4, 0.5) is 0 Å². The number of amides is 1. The highest BCUT2D eigenvalue weighted by Crippen LogP contribution is 2.02. The molecule has 0 aliphatic rings. The number of hydrogen-bond acceptors (Lipinski definition) is 4. The van der Waals surface area contributed by atoms with Crippen LogP contribution in [-0.2, 0) is 4.79 Å². The molecule has 0 aliphatic heterocycles. The molecule has 0 saturated carbocycles. The maximum Gasteiger partial charge on any atom is 0.305 e. The molecule has 1 atom stereocenters. The van der Waals surface area contributed by atoms with Crippen LogP contribution in [0.1, 0.15) is 29.6 Å². The monoisotopic (exact) mass is 212 g/mol. The number of carbonyl (C=O) groups is 2. The standard InChI is InChI=1S/C9H12N2O4/c1-5(3-8(12)13)10-9(14)7-4-6(2)15-11-7/h4-5H,3H2,1-2H3,(H,10,14)(H,12,13). The van der Waals surface area contributed by atoms with E-state index >= 15 is 0 Å². The summed E-state index contributed by atoms with van der Waals surface area (Å²) in [4.78, 5) is 21.8. The van der Waals surface area contributed by atoms with Crippen molar-refractivity contribution in [1.82, 2.24) is 10.5 Å². The van der Waals surface area contributed by atoms with Crippen LogP contribution in [-0.4, -0.2) is 28.2 Å². The maximum atomic E-state index is 11.4. The summed E-state index contributed by atoms with van der Waals surface area (Å²) in [5.74, 6) is -0.856. The molecular formula is C9H12N2O4. The average Bonchev–Trinajstić information content (AvgIpc) is 2.49. The Bertz CT molecular complexity index is 372. The van der Waals surface area contributed by atoms with Gasteiger partial charge in [-0.1, -0.05) is 5.16 Å². The van der Waals surface area contributed by atoms with Gasteiger partial charge < -0.3 is 14.9 Å². The molecule has 15 heavy (non-hydrogen) atoms. The van der Waals surface area contributed by atoms with Crippen molar-refractivity contribution < 1.29 is 19.2 Å². The number of nitrogens with one attached hydrogen (secondary N) is 1. The Kier molecular flexibility index (Phi) is 3.43. The number of aryl methyl sites for hydroxylation is 1. The Morgan fingerprint density at radius 3 is 2.80 bits per heavy atom. The second-order valence-electron chi connectivity index (χ2n) is 3.30. The van der Waals surface area contributed by atoms with Gasteiger partial charge in [-0.2, -0.15) is 0 Å². The molecule has 1 amide bonds. The minimum Gasteiger partial charge on any atom is -0.481 e. The molecule has 0 aromatic carbocycles. The van der Waals surface area contributed by atoms with Crippen molar-refractivity contribution in [3.63, 3.8) is 0 Å². The average molecular weight is 212 g/mol. The Morgan fingerprint density at radius 2 is 2.33 bits per heavy atom. The number of aromatic nitrogens is 1. The first-order chi connectivity index (χ1) is 6.99. The first kappa shape index (κ1) is 11.2.